The summed E-state index contributed by atoms with van der Waals surface area (Å²) in [4.78, 5) is 9.29. The molecule has 2 aromatic carbocycles. The summed E-state index contributed by atoms with van der Waals surface area (Å²) in [6.45, 7) is 1.89. The molecule has 0 amide bonds. The van der Waals surface area contributed by atoms with E-state index in [2.05, 4.69) is 20.3 Å². The predicted molar refractivity (Wildman–Crippen MR) is 137 cm³/mol. The van der Waals surface area contributed by atoms with Gasteiger partial charge in [-0.15, -0.1) is 12.4 Å². The smallest absolute Gasteiger partial charge is 0.236 e. The van der Waals surface area contributed by atoms with Gasteiger partial charge in [0.15, 0.2) is 11.6 Å². The van der Waals surface area contributed by atoms with Crippen molar-refractivity contribution < 1.29 is 17.9 Å². The average molecular weight is 508 g/mol. The maximum absolute atomic E-state index is 13.1. The first-order valence-corrected chi connectivity index (χ1v) is 12.5. The molecule has 184 valence electrons. The van der Waals surface area contributed by atoms with Crippen LogP contribution in [-0.2, 0) is 21.2 Å². The third-order valence-electron chi connectivity index (χ3n) is 5.68. The van der Waals surface area contributed by atoms with Gasteiger partial charge >= 0.3 is 0 Å². The van der Waals surface area contributed by atoms with Gasteiger partial charge in [0, 0.05) is 18.9 Å². The minimum atomic E-state index is -3.63. The van der Waals surface area contributed by atoms with Crippen LogP contribution in [-0.4, -0.2) is 57.6 Å². The summed E-state index contributed by atoms with van der Waals surface area (Å²) in [5.74, 6) is 1.18. The molecule has 0 atom stereocenters. The first-order chi connectivity index (χ1) is 16.0. The van der Waals surface area contributed by atoms with Crippen molar-refractivity contribution in [1.29, 1.82) is 0 Å². The van der Waals surface area contributed by atoms with Gasteiger partial charge < -0.3 is 20.1 Å². The maximum Gasteiger partial charge on any atom is 0.236 e. The number of hydrogen-bond donors (Lipinski definition) is 3. The lowest BCUT2D eigenvalue weighted by Crippen LogP contribution is -2.38. The van der Waals surface area contributed by atoms with Crippen LogP contribution in [0, 0.1) is 0 Å². The van der Waals surface area contributed by atoms with Crippen molar-refractivity contribution in [2.24, 2.45) is 0 Å². The normalized spacial score (nSPS) is 14.4. The van der Waals surface area contributed by atoms with Crippen LogP contribution in [0.1, 0.15) is 18.4 Å². The van der Waals surface area contributed by atoms with Gasteiger partial charge in [-0.2, -0.15) is 0 Å². The highest BCUT2D eigenvalue weighted by molar-refractivity contribution is 7.93. The molecular weight excluding hydrogens is 478 g/mol. The van der Waals surface area contributed by atoms with Gasteiger partial charge in [-0.25, -0.2) is 18.4 Å². The Balaban J connectivity index is 0.00000324. The molecule has 1 aromatic heterocycles. The number of benzene rings is 2. The Morgan fingerprint density at radius 1 is 1.03 bits per heavy atom. The van der Waals surface area contributed by atoms with Crippen LogP contribution in [0.3, 0.4) is 0 Å². The molecule has 1 fully saturated rings. The van der Waals surface area contributed by atoms with E-state index >= 15 is 0 Å². The Morgan fingerprint density at radius 2 is 1.71 bits per heavy atom. The summed E-state index contributed by atoms with van der Waals surface area (Å²) in [6.07, 6.45) is 1.77. The van der Waals surface area contributed by atoms with Crippen molar-refractivity contribution in [3.8, 4) is 5.75 Å². The zero-order valence-corrected chi connectivity index (χ0v) is 20.8. The van der Waals surface area contributed by atoms with Gasteiger partial charge in [-0.3, -0.25) is 4.72 Å². The molecule has 0 aliphatic carbocycles. The van der Waals surface area contributed by atoms with Crippen molar-refractivity contribution in [2.45, 2.75) is 24.5 Å². The van der Waals surface area contributed by atoms with Crippen molar-refractivity contribution in [2.75, 3.05) is 44.0 Å². The molecule has 11 heteroatoms. The quantitative estimate of drug-likeness (QED) is 0.403. The second-order valence-corrected chi connectivity index (χ2v) is 9.86. The van der Waals surface area contributed by atoms with Crippen LogP contribution in [0.15, 0.2) is 42.5 Å². The molecule has 2 heterocycles. The molecule has 0 spiro atoms. The summed E-state index contributed by atoms with van der Waals surface area (Å²) < 4.78 is 39.6. The molecule has 1 aliphatic heterocycles. The van der Waals surface area contributed by atoms with Crippen LogP contribution >= 0.6 is 12.4 Å². The molecule has 4 rings (SSSR count). The third-order valence-corrected chi connectivity index (χ3v) is 7.51. The van der Waals surface area contributed by atoms with Crippen molar-refractivity contribution >= 4 is 50.8 Å². The molecule has 0 saturated carbocycles. The molecule has 0 bridgehead atoms. The number of ether oxygens (including phenoxy) is 2. The van der Waals surface area contributed by atoms with Crippen LogP contribution in [0.5, 0.6) is 5.75 Å². The Kier molecular flexibility index (Phi) is 8.90. The van der Waals surface area contributed by atoms with E-state index in [1.54, 1.807) is 14.2 Å². The Morgan fingerprint density at radius 3 is 2.35 bits per heavy atom. The number of nitrogens with zero attached hydrogens (tertiary/aromatic N) is 2. The fourth-order valence-corrected chi connectivity index (χ4v) is 5.27. The largest absolute Gasteiger partial charge is 0.497 e. The SMILES string of the molecule is COCCc1ccc(OC)cc1Nc1nc2ccccc2nc1NS(=O)(=O)C1CCNCC1.Cl. The average Bonchev–Trinajstić information content (AvgIpc) is 2.84. The van der Waals surface area contributed by atoms with Crippen molar-refractivity contribution in [3.63, 3.8) is 0 Å². The summed E-state index contributed by atoms with van der Waals surface area (Å²) in [7, 11) is -0.383. The number of nitrogens with one attached hydrogen (secondary N) is 3. The number of para-hydroxylation sites is 2. The highest BCUT2D eigenvalue weighted by atomic mass is 35.5. The van der Waals surface area contributed by atoms with E-state index < -0.39 is 15.3 Å². The van der Waals surface area contributed by atoms with Crippen molar-refractivity contribution in [3.05, 3.63) is 48.0 Å². The van der Waals surface area contributed by atoms with Gasteiger partial charge in [-0.05, 0) is 56.1 Å². The van der Waals surface area contributed by atoms with E-state index in [0.29, 0.717) is 61.6 Å². The van der Waals surface area contributed by atoms with Crippen molar-refractivity contribution in [1.82, 2.24) is 15.3 Å². The molecule has 0 unspecified atom stereocenters. The topological polar surface area (TPSA) is 114 Å². The first kappa shape index (κ1) is 26.0. The summed E-state index contributed by atoms with van der Waals surface area (Å²) in [6, 6.07) is 13.1. The number of sulfonamides is 1. The van der Waals surface area contributed by atoms with Gasteiger partial charge in [-0.1, -0.05) is 18.2 Å². The number of methoxy groups -OCH3 is 2. The Labute approximate surface area is 206 Å². The number of hydrogen-bond acceptors (Lipinski definition) is 8. The third kappa shape index (κ3) is 6.06. The Bertz CT molecular complexity index is 1220. The van der Waals surface area contributed by atoms with Gasteiger partial charge in [0.25, 0.3) is 0 Å². The second-order valence-electron chi connectivity index (χ2n) is 7.90. The minimum absolute atomic E-state index is 0. The number of halogens is 1. The highest BCUT2D eigenvalue weighted by Gasteiger charge is 2.29. The van der Waals surface area contributed by atoms with E-state index in [4.69, 9.17) is 14.5 Å². The zero-order valence-electron chi connectivity index (χ0n) is 19.2. The molecule has 1 aliphatic rings. The van der Waals surface area contributed by atoms with Gasteiger partial charge in [0.2, 0.25) is 10.0 Å². The van der Waals surface area contributed by atoms with E-state index in [0.717, 1.165) is 11.3 Å². The number of piperidine rings is 1. The number of fused-ring (bicyclic) bond motifs is 1. The second kappa shape index (κ2) is 11.7. The molecule has 3 aromatic rings. The van der Waals surface area contributed by atoms with Gasteiger partial charge in [0.1, 0.15) is 5.75 Å². The van der Waals surface area contributed by atoms with Gasteiger partial charge in [0.05, 0.1) is 30.0 Å². The number of rotatable bonds is 9. The van der Waals surface area contributed by atoms with Crippen LogP contribution in [0.2, 0.25) is 0 Å². The lowest BCUT2D eigenvalue weighted by atomic mass is 10.1. The predicted octanol–water partition coefficient (Wildman–Crippen LogP) is 3.49. The first-order valence-electron chi connectivity index (χ1n) is 10.9. The van der Waals surface area contributed by atoms with Crippen LogP contribution < -0.4 is 20.1 Å². The van der Waals surface area contributed by atoms with E-state index in [1.165, 1.54) is 0 Å². The lowest BCUT2D eigenvalue weighted by Gasteiger charge is -2.24. The summed E-state index contributed by atoms with van der Waals surface area (Å²) in [5.41, 5.74) is 3.00. The van der Waals surface area contributed by atoms with E-state index in [9.17, 15) is 8.42 Å². The Hall–Kier alpha value is -2.66. The monoisotopic (exact) mass is 507 g/mol. The molecule has 34 heavy (non-hydrogen) atoms. The molecular formula is C23H30ClN5O4S. The summed E-state index contributed by atoms with van der Waals surface area (Å²) >= 11 is 0. The van der Waals surface area contributed by atoms with E-state index in [-0.39, 0.29) is 18.2 Å². The van der Waals surface area contributed by atoms with E-state index in [1.807, 2.05) is 42.5 Å². The molecule has 1 saturated heterocycles. The fraction of sp³-hybridized carbons (Fsp3) is 0.391. The summed E-state index contributed by atoms with van der Waals surface area (Å²) in [5, 5.41) is 6.01. The minimum Gasteiger partial charge on any atom is -0.497 e. The zero-order chi connectivity index (χ0) is 23.3. The molecule has 0 radical (unpaired) electrons. The van der Waals surface area contributed by atoms with Crippen LogP contribution in [0.25, 0.3) is 11.0 Å². The maximum atomic E-state index is 13.1. The standard InChI is InChI=1S/C23H29N5O4S.ClH/c1-31-14-11-16-7-8-17(32-2)15-21(16)27-22-23(26-20-6-4-3-5-19(20)25-22)28-33(29,30)18-9-12-24-13-10-18;/h3-8,15,18,24H,9-14H2,1-2H3,(H,25,27)(H,26,28);1H. The lowest BCUT2D eigenvalue weighted by molar-refractivity contribution is 0.202. The number of anilines is 3. The number of aromatic nitrogens is 2. The highest BCUT2D eigenvalue weighted by Crippen LogP contribution is 2.31. The molecule has 3 N–H and O–H groups in total. The van der Waals surface area contributed by atoms with Crippen LogP contribution in [0.4, 0.5) is 17.3 Å². The fourth-order valence-electron chi connectivity index (χ4n) is 3.84. The molecule has 9 nitrogen and oxygen atoms in total.